The minimum Gasteiger partial charge on any atom is -0.444 e. The molecule has 1 amide bonds. The monoisotopic (exact) mass is 289 g/mol. The first-order valence-electron chi connectivity index (χ1n) is 6.86. The summed E-state index contributed by atoms with van der Waals surface area (Å²) in [6, 6.07) is 5.03. The minimum atomic E-state index is 0.00663. The molecule has 2 aromatic rings. The quantitative estimate of drug-likeness (QED) is 0.907. The van der Waals surface area contributed by atoms with E-state index in [1.807, 2.05) is 12.1 Å². The summed E-state index contributed by atoms with van der Waals surface area (Å²) in [7, 11) is 0. The largest absolute Gasteiger partial charge is 0.444 e. The number of oxazole rings is 1. The standard InChI is InChI=1S/C14H15N3O2S/c18-13(17-10-7-8-1-2-9(10)16-8)11-3-4-12(20-11)14-15-5-6-19-14/h3-6,8-10,16H,1-2,7H2,(H,17,18)/t8-,9+,10-/m1/s1. The molecular weight excluding hydrogens is 274 g/mol. The topological polar surface area (TPSA) is 67.2 Å². The van der Waals surface area contributed by atoms with Crippen molar-refractivity contribution in [1.82, 2.24) is 15.6 Å². The maximum atomic E-state index is 12.3. The van der Waals surface area contributed by atoms with E-state index in [0.717, 1.165) is 11.3 Å². The summed E-state index contributed by atoms with van der Waals surface area (Å²) < 4.78 is 5.24. The van der Waals surface area contributed by atoms with Crippen LogP contribution in [-0.4, -0.2) is 29.0 Å². The molecule has 2 bridgehead atoms. The van der Waals surface area contributed by atoms with Crippen LogP contribution in [0.4, 0.5) is 0 Å². The summed E-state index contributed by atoms with van der Waals surface area (Å²) in [6.07, 6.45) is 6.60. The van der Waals surface area contributed by atoms with Gasteiger partial charge in [0, 0.05) is 18.1 Å². The van der Waals surface area contributed by atoms with Gasteiger partial charge in [-0.2, -0.15) is 0 Å². The first kappa shape index (κ1) is 12.1. The van der Waals surface area contributed by atoms with Gasteiger partial charge in [0.2, 0.25) is 5.89 Å². The first-order chi connectivity index (χ1) is 9.79. The summed E-state index contributed by atoms with van der Waals surface area (Å²) in [5, 5.41) is 6.67. The van der Waals surface area contributed by atoms with Crippen LogP contribution in [0.25, 0.3) is 10.8 Å². The number of nitrogens with zero attached hydrogens (tertiary/aromatic N) is 1. The number of rotatable bonds is 3. The van der Waals surface area contributed by atoms with Gasteiger partial charge in [0.25, 0.3) is 5.91 Å². The lowest BCUT2D eigenvalue weighted by atomic mass is 9.95. The van der Waals surface area contributed by atoms with Gasteiger partial charge in [0.15, 0.2) is 0 Å². The van der Waals surface area contributed by atoms with Crippen LogP contribution in [0.3, 0.4) is 0 Å². The molecule has 0 unspecified atom stereocenters. The van der Waals surface area contributed by atoms with E-state index in [0.29, 0.717) is 22.9 Å². The van der Waals surface area contributed by atoms with Crippen molar-refractivity contribution in [2.75, 3.05) is 0 Å². The summed E-state index contributed by atoms with van der Waals surface area (Å²) in [4.78, 5) is 18.0. The van der Waals surface area contributed by atoms with Gasteiger partial charge in [0.1, 0.15) is 6.26 Å². The number of hydrogen-bond donors (Lipinski definition) is 2. The number of carbonyl (C=O) groups is 1. The van der Waals surface area contributed by atoms with Gasteiger partial charge in [-0.1, -0.05) is 0 Å². The van der Waals surface area contributed by atoms with E-state index in [1.54, 1.807) is 6.20 Å². The van der Waals surface area contributed by atoms with Gasteiger partial charge >= 0.3 is 0 Å². The summed E-state index contributed by atoms with van der Waals surface area (Å²) >= 11 is 1.41. The average Bonchev–Trinajstić information content (AvgIpc) is 3.21. The van der Waals surface area contributed by atoms with E-state index in [1.165, 1.54) is 30.4 Å². The van der Waals surface area contributed by atoms with Crippen LogP contribution in [0.5, 0.6) is 0 Å². The summed E-state index contributed by atoms with van der Waals surface area (Å²) in [5.74, 6) is 0.572. The molecule has 2 aromatic heterocycles. The molecule has 3 atom stereocenters. The molecule has 104 valence electrons. The van der Waals surface area contributed by atoms with Crippen LogP contribution in [0, 0.1) is 0 Å². The Kier molecular flexibility index (Phi) is 2.85. The maximum Gasteiger partial charge on any atom is 0.261 e. The second-order valence-electron chi connectivity index (χ2n) is 5.36. The van der Waals surface area contributed by atoms with E-state index in [-0.39, 0.29) is 11.9 Å². The van der Waals surface area contributed by atoms with Gasteiger partial charge < -0.3 is 15.1 Å². The predicted molar refractivity (Wildman–Crippen MR) is 75.6 cm³/mol. The number of hydrogen-bond acceptors (Lipinski definition) is 5. The van der Waals surface area contributed by atoms with Gasteiger partial charge in [-0.25, -0.2) is 4.98 Å². The van der Waals surface area contributed by atoms with Crippen LogP contribution in [-0.2, 0) is 0 Å². The molecule has 6 heteroatoms. The zero-order valence-electron chi connectivity index (χ0n) is 10.8. The zero-order valence-corrected chi connectivity index (χ0v) is 11.7. The second kappa shape index (κ2) is 4.71. The number of aromatic nitrogens is 1. The molecular formula is C14H15N3O2S. The Bertz CT molecular complexity index is 622. The number of thiophene rings is 1. The van der Waals surface area contributed by atoms with E-state index < -0.39 is 0 Å². The lowest BCUT2D eigenvalue weighted by Crippen LogP contribution is -2.42. The van der Waals surface area contributed by atoms with Gasteiger partial charge in [0.05, 0.1) is 16.0 Å². The van der Waals surface area contributed by atoms with Crippen LogP contribution in [0.1, 0.15) is 28.9 Å². The molecule has 2 aliphatic heterocycles. The van der Waals surface area contributed by atoms with Crippen LogP contribution in [0.15, 0.2) is 29.0 Å². The molecule has 5 nitrogen and oxygen atoms in total. The van der Waals surface area contributed by atoms with E-state index >= 15 is 0 Å². The molecule has 0 spiro atoms. The van der Waals surface area contributed by atoms with Crippen LogP contribution < -0.4 is 10.6 Å². The zero-order chi connectivity index (χ0) is 13.5. The van der Waals surface area contributed by atoms with Gasteiger partial charge in [-0.15, -0.1) is 11.3 Å². The van der Waals surface area contributed by atoms with E-state index in [2.05, 4.69) is 15.6 Å². The summed E-state index contributed by atoms with van der Waals surface area (Å²) in [6.45, 7) is 0. The Labute approximate surface area is 120 Å². The lowest BCUT2D eigenvalue weighted by Gasteiger charge is -2.20. The molecule has 0 radical (unpaired) electrons. The van der Waals surface area contributed by atoms with Crippen molar-refractivity contribution in [2.45, 2.75) is 37.4 Å². The molecule has 2 N–H and O–H groups in total. The molecule has 4 heterocycles. The number of carbonyl (C=O) groups excluding carboxylic acids is 1. The van der Waals surface area contributed by atoms with Crippen molar-refractivity contribution in [3.63, 3.8) is 0 Å². The minimum absolute atomic E-state index is 0.00663. The van der Waals surface area contributed by atoms with Crippen molar-refractivity contribution in [1.29, 1.82) is 0 Å². The maximum absolute atomic E-state index is 12.3. The molecule has 0 aromatic carbocycles. The average molecular weight is 289 g/mol. The molecule has 2 aliphatic rings. The molecule has 2 fully saturated rings. The Hall–Kier alpha value is -1.66. The van der Waals surface area contributed by atoms with Gasteiger partial charge in [-0.05, 0) is 31.4 Å². The Balaban J connectivity index is 1.46. The molecule has 4 rings (SSSR count). The lowest BCUT2D eigenvalue weighted by molar-refractivity contribution is 0.0935. The number of fused-ring (bicyclic) bond motifs is 2. The van der Waals surface area contributed by atoms with E-state index in [4.69, 9.17) is 4.42 Å². The highest BCUT2D eigenvalue weighted by Crippen LogP contribution is 2.30. The van der Waals surface area contributed by atoms with Crippen LogP contribution in [0.2, 0.25) is 0 Å². The molecule has 2 saturated heterocycles. The van der Waals surface area contributed by atoms with E-state index in [9.17, 15) is 4.79 Å². The first-order valence-corrected chi connectivity index (χ1v) is 7.68. The van der Waals surface area contributed by atoms with Crippen molar-refractivity contribution < 1.29 is 9.21 Å². The third-order valence-electron chi connectivity index (χ3n) is 4.09. The Morgan fingerprint density at radius 3 is 3.10 bits per heavy atom. The highest BCUT2D eigenvalue weighted by molar-refractivity contribution is 7.17. The van der Waals surface area contributed by atoms with Crippen molar-refractivity contribution in [3.8, 4) is 10.8 Å². The fourth-order valence-electron chi connectivity index (χ4n) is 3.14. The molecule has 0 saturated carbocycles. The Morgan fingerprint density at radius 2 is 2.40 bits per heavy atom. The van der Waals surface area contributed by atoms with Crippen LogP contribution >= 0.6 is 11.3 Å². The highest BCUT2D eigenvalue weighted by atomic mass is 32.1. The smallest absolute Gasteiger partial charge is 0.261 e. The fourth-order valence-corrected chi connectivity index (χ4v) is 3.99. The SMILES string of the molecule is O=C(N[C@@H]1C[C@H]2CC[C@@H]1N2)c1ccc(-c2ncco2)s1. The third-order valence-corrected chi connectivity index (χ3v) is 5.16. The van der Waals surface area contributed by atoms with Crippen molar-refractivity contribution in [3.05, 3.63) is 29.5 Å². The van der Waals surface area contributed by atoms with Crippen molar-refractivity contribution >= 4 is 17.2 Å². The van der Waals surface area contributed by atoms with Crippen molar-refractivity contribution in [2.24, 2.45) is 0 Å². The predicted octanol–water partition coefficient (Wildman–Crippen LogP) is 2.03. The number of nitrogens with one attached hydrogen (secondary N) is 2. The number of amides is 1. The molecule has 0 aliphatic carbocycles. The normalized spacial score (nSPS) is 27.9. The fraction of sp³-hybridized carbons (Fsp3) is 0.429. The third kappa shape index (κ3) is 2.05. The molecule has 20 heavy (non-hydrogen) atoms. The Morgan fingerprint density at radius 1 is 1.45 bits per heavy atom. The second-order valence-corrected chi connectivity index (χ2v) is 6.45. The highest BCUT2D eigenvalue weighted by Gasteiger charge is 2.39. The van der Waals surface area contributed by atoms with Gasteiger partial charge in [-0.3, -0.25) is 4.79 Å². The summed E-state index contributed by atoms with van der Waals surface area (Å²) in [5.41, 5.74) is 0.